The first-order valence-electron chi connectivity index (χ1n) is 9.55. The van der Waals surface area contributed by atoms with Gasteiger partial charge in [0.15, 0.2) is 0 Å². The standard InChI is InChI=1S/C22H26N2O2S/c1-15-6-4-5-7-20(15)26-18-8-11-24(12-9-18)14-19-17(3)25-22(23-19)21-16(2)10-13-27-21/h4-7,10,13,18H,8-9,11-12,14H2,1-3H3. The smallest absolute Gasteiger partial charge is 0.237 e. The van der Waals surface area contributed by atoms with Gasteiger partial charge in [-0.15, -0.1) is 11.3 Å². The summed E-state index contributed by atoms with van der Waals surface area (Å²) in [6, 6.07) is 10.4. The summed E-state index contributed by atoms with van der Waals surface area (Å²) in [4.78, 5) is 8.36. The van der Waals surface area contributed by atoms with E-state index in [1.807, 2.05) is 13.0 Å². The van der Waals surface area contributed by atoms with E-state index in [0.717, 1.165) is 60.4 Å². The third-order valence-corrected chi connectivity index (χ3v) is 6.25. The first kappa shape index (κ1) is 18.3. The van der Waals surface area contributed by atoms with Gasteiger partial charge < -0.3 is 9.15 Å². The average Bonchev–Trinajstić information content (AvgIpc) is 3.24. The van der Waals surface area contributed by atoms with Gasteiger partial charge in [0, 0.05) is 19.6 Å². The highest BCUT2D eigenvalue weighted by molar-refractivity contribution is 7.13. The van der Waals surface area contributed by atoms with Gasteiger partial charge in [-0.3, -0.25) is 4.90 Å². The summed E-state index contributed by atoms with van der Waals surface area (Å²) in [6.07, 6.45) is 2.38. The number of ether oxygens (including phenoxy) is 1. The van der Waals surface area contributed by atoms with Crippen molar-refractivity contribution < 1.29 is 9.15 Å². The molecule has 0 saturated carbocycles. The summed E-state index contributed by atoms with van der Waals surface area (Å²) in [5, 5.41) is 2.09. The average molecular weight is 383 g/mol. The maximum atomic E-state index is 6.22. The molecule has 2 aromatic heterocycles. The van der Waals surface area contributed by atoms with E-state index in [0.29, 0.717) is 6.10 Å². The Morgan fingerprint density at radius 1 is 1.11 bits per heavy atom. The van der Waals surface area contributed by atoms with Gasteiger partial charge in [0.25, 0.3) is 0 Å². The highest BCUT2D eigenvalue weighted by Crippen LogP contribution is 2.30. The van der Waals surface area contributed by atoms with Crippen LogP contribution in [0.4, 0.5) is 0 Å². The SMILES string of the molecule is Cc1ccccc1OC1CCN(Cc2nc(-c3sccc3C)oc2C)CC1. The molecule has 0 atom stereocenters. The van der Waals surface area contributed by atoms with Gasteiger partial charge in [-0.1, -0.05) is 18.2 Å². The van der Waals surface area contributed by atoms with E-state index in [9.17, 15) is 0 Å². The van der Waals surface area contributed by atoms with Gasteiger partial charge in [0.1, 0.15) is 17.6 Å². The zero-order chi connectivity index (χ0) is 18.8. The third kappa shape index (κ3) is 4.09. The Hall–Kier alpha value is -2.11. The third-order valence-electron chi connectivity index (χ3n) is 5.24. The van der Waals surface area contributed by atoms with Crippen molar-refractivity contribution >= 4 is 11.3 Å². The van der Waals surface area contributed by atoms with Crippen molar-refractivity contribution in [2.45, 2.75) is 46.3 Å². The molecule has 4 nitrogen and oxygen atoms in total. The van der Waals surface area contributed by atoms with Crippen LogP contribution in [0.25, 0.3) is 10.8 Å². The molecule has 0 N–H and O–H groups in total. The van der Waals surface area contributed by atoms with Gasteiger partial charge >= 0.3 is 0 Å². The summed E-state index contributed by atoms with van der Waals surface area (Å²) >= 11 is 1.69. The molecule has 0 amide bonds. The fraction of sp³-hybridized carbons (Fsp3) is 0.409. The van der Waals surface area contributed by atoms with Gasteiger partial charge in [-0.25, -0.2) is 4.98 Å². The highest BCUT2D eigenvalue weighted by atomic mass is 32.1. The van der Waals surface area contributed by atoms with Crippen molar-refractivity contribution in [1.82, 2.24) is 9.88 Å². The highest BCUT2D eigenvalue weighted by Gasteiger charge is 2.23. The predicted octanol–water partition coefficient (Wildman–Crippen LogP) is 5.37. The molecule has 3 aromatic rings. The summed E-state index contributed by atoms with van der Waals surface area (Å²) in [6.45, 7) is 9.11. The Balaban J connectivity index is 1.35. The van der Waals surface area contributed by atoms with Crippen molar-refractivity contribution in [3.63, 3.8) is 0 Å². The molecule has 5 heteroatoms. The molecule has 4 rings (SSSR count). The van der Waals surface area contributed by atoms with Gasteiger partial charge in [0.05, 0.1) is 10.6 Å². The molecule has 0 unspecified atom stereocenters. The second-order valence-electron chi connectivity index (χ2n) is 7.31. The van der Waals surface area contributed by atoms with E-state index >= 15 is 0 Å². The van der Waals surface area contributed by atoms with Crippen molar-refractivity contribution in [3.05, 3.63) is 58.3 Å². The van der Waals surface area contributed by atoms with Crippen LogP contribution in [0, 0.1) is 20.8 Å². The molecule has 0 aliphatic carbocycles. The van der Waals surface area contributed by atoms with E-state index < -0.39 is 0 Å². The van der Waals surface area contributed by atoms with E-state index in [4.69, 9.17) is 14.1 Å². The van der Waals surface area contributed by atoms with Crippen LogP contribution >= 0.6 is 11.3 Å². The number of likely N-dealkylation sites (tertiary alicyclic amines) is 1. The second-order valence-corrected chi connectivity index (χ2v) is 8.23. The fourth-order valence-electron chi connectivity index (χ4n) is 3.53. The predicted molar refractivity (Wildman–Crippen MR) is 109 cm³/mol. The molecular formula is C22H26N2O2S. The molecule has 1 aliphatic rings. The van der Waals surface area contributed by atoms with Crippen LogP contribution in [0.1, 0.15) is 35.4 Å². The normalized spacial score (nSPS) is 16.0. The molecule has 1 aliphatic heterocycles. The maximum absolute atomic E-state index is 6.22. The van der Waals surface area contributed by atoms with Crippen LogP contribution in [0.2, 0.25) is 0 Å². The number of rotatable bonds is 5. The number of nitrogens with zero attached hydrogens (tertiary/aromatic N) is 2. The topological polar surface area (TPSA) is 38.5 Å². The Morgan fingerprint density at radius 2 is 1.89 bits per heavy atom. The van der Waals surface area contributed by atoms with E-state index in [2.05, 4.69) is 48.4 Å². The van der Waals surface area contributed by atoms with Gasteiger partial charge in [-0.05, 0) is 62.3 Å². The van der Waals surface area contributed by atoms with Gasteiger partial charge in [0.2, 0.25) is 5.89 Å². The molecule has 0 spiro atoms. The van der Waals surface area contributed by atoms with Crippen molar-refractivity contribution in [1.29, 1.82) is 0 Å². The molecule has 1 fully saturated rings. The Bertz CT molecular complexity index is 907. The molecule has 0 bridgehead atoms. The maximum Gasteiger partial charge on any atom is 0.237 e. The number of oxazole rings is 1. The lowest BCUT2D eigenvalue weighted by Gasteiger charge is -2.32. The van der Waals surface area contributed by atoms with Crippen LogP contribution < -0.4 is 4.74 Å². The minimum Gasteiger partial charge on any atom is -0.490 e. The van der Waals surface area contributed by atoms with Crippen LogP contribution in [0.5, 0.6) is 5.75 Å². The van der Waals surface area contributed by atoms with Crippen molar-refractivity contribution in [2.24, 2.45) is 0 Å². The largest absolute Gasteiger partial charge is 0.490 e. The van der Waals surface area contributed by atoms with Crippen LogP contribution in [-0.4, -0.2) is 29.1 Å². The molecule has 0 radical (unpaired) electrons. The molecular weight excluding hydrogens is 356 g/mol. The van der Waals surface area contributed by atoms with Crippen LogP contribution in [0.3, 0.4) is 0 Å². The number of aryl methyl sites for hydroxylation is 3. The zero-order valence-corrected chi connectivity index (χ0v) is 17.0. The molecule has 3 heterocycles. The first-order chi connectivity index (χ1) is 13.1. The quantitative estimate of drug-likeness (QED) is 0.594. The molecule has 27 heavy (non-hydrogen) atoms. The number of thiophene rings is 1. The minimum absolute atomic E-state index is 0.296. The Kier molecular flexibility index (Phi) is 5.32. The molecule has 142 valence electrons. The Morgan fingerprint density at radius 3 is 2.59 bits per heavy atom. The first-order valence-corrected chi connectivity index (χ1v) is 10.4. The van der Waals surface area contributed by atoms with Crippen LogP contribution in [-0.2, 0) is 6.54 Å². The summed E-state index contributed by atoms with van der Waals surface area (Å²) in [5.74, 6) is 2.70. The number of hydrogen-bond donors (Lipinski definition) is 0. The number of piperidine rings is 1. The fourth-order valence-corrected chi connectivity index (χ4v) is 4.38. The number of aromatic nitrogens is 1. The van der Waals surface area contributed by atoms with E-state index in [1.54, 1.807) is 11.3 Å². The van der Waals surface area contributed by atoms with Crippen LogP contribution in [0.15, 0.2) is 40.1 Å². The molecule has 1 aromatic carbocycles. The summed E-state index contributed by atoms with van der Waals surface area (Å²) < 4.78 is 12.2. The second kappa shape index (κ2) is 7.87. The van der Waals surface area contributed by atoms with E-state index in [1.165, 1.54) is 11.1 Å². The number of hydrogen-bond acceptors (Lipinski definition) is 5. The molecule has 1 saturated heterocycles. The summed E-state index contributed by atoms with van der Waals surface area (Å²) in [7, 11) is 0. The van der Waals surface area contributed by atoms with Gasteiger partial charge in [-0.2, -0.15) is 0 Å². The lowest BCUT2D eigenvalue weighted by molar-refractivity contribution is 0.0954. The van der Waals surface area contributed by atoms with Crippen molar-refractivity contribution in [2.75, 3.05) is 13.1 Å². The number of para-hydroxylation sites is 1. The van der Waals surface area contributed by atoms with Crippen molar-refractivity contribution in [3.8, 4) is 16.5 Å². The lowest BCUT2D eigenvalue weighted by Crippen LogP contribution is -2.38. The monoisotopic (exact) mass is 382 g/mol. The van der Waals surface area contributed by atoms with E-state index in [-0.39, 0.29) is 0 Å². The summed E-state index contributed by atoms with van der Waals surface area (Å²) in [5.41, 5.74) is 3.48. The zero-order valence-electron chi connectivity index (χ0n) is 16.2. The number of benzene rings is 1. The minimum atomic E-state index is 0.296. The lowest BCUT2D eigenvalue weighted by atomic mass is 10.1. The Labute approximate surface area is 164 Å².